The predicted molar refractivity (Wildman–Crippen MR) is 79.1 cm³/mol. The molecule has 2 nitrogen and oxygen atoms in total. The molecular weight excluding hydrogens is 312 g/mol. The zero-order chi connectivity index (χ0) is 13.1. The molecule has 0 amide bonds. The maximum absolute atomic E-state index is 5.76. The van der Waals surface area contributed by atoms with E-state index < -0.39 is 0 Å². The fourth-order valence-electron chi connectivity index (χ4n) is 1.83. The first-order chi connectivity index (χ1) is 8.60. The summed E-state index contributed by atoms with van der Waals surface area (Å²) in [6.07, 6.45) is 0.698. The maximum atomic E-state index is 5.76. The Hall–Kier alpha value is -0.930. The molecule has 4 heteroatoms. The molecule has 0 fully saturated rings. The first-order valence-electron chi connectivity index (χ1n) is 5.77. The van der Waals surface area contributed by atoms with Crippen LogP contribution in [0.3, 0.4) is 0 Å². The third kappa shape index (κ3) is 3.09. The van der Waals surface area contributed by atoms with Gasteiger partial charge in [-0.25, -0.2) is 9.97 Å². The van der Waals surface area contributed by atoms with Gasteiger partial charge in [-0.1, -0.05) is 22.0 Å². The molecule has 0 spiro atoms. The van der Waals surface area contributed by atoms with E-state index in [0.29, 0.717) is 12.3 Å². The third-order valence-electron chi connectivity index (χ3n) is 2.69. The molecule has 0 saturated heterocycles. The van der Waals surface area contributed by atoms with Crippen LogP contribution in [0.25, 0.3) is 11.3 Å². The van der Waals surface area contributed by atoms with Gasteiger partial charge in [0.2, 0.25) is 0 Å². The summed E-state index contributed by atoms with van der Waals surface area (Å²) in [5.74, 6) is 1.35. The minimum Gasteiger partial charge on any atom is -0.238 e. The standard InChI is InChI=1S/C14H14BrClN2/c1-9-3-4-11(15)8-12(9)13-7-10(2)17-14(18-13)5-6-16/h3-4,7-8H,5-6H2,1-2H3. The molecule has 0 aliphatic heterocycles. The highest BCUT2D eigenvalue weighted by Crippen LogP contribution is 2.25. The molecule has 0 saturated carbocycles. The van der Waals surface area contributed by atoms with Crippen LogP contribution >= 0.6 is 27.5 Å². The number of benzene rings is 1. The fourth-order valence-corrected chi connectivity index (χ4v) is 2.36. The van der Waals surface area contributed by atoms with Crippen molar-refractivity contribution in [3.8, 4) is 11.3 Å². The van der Waals surface area contributed by atoms with E-state index in [1.807, 2.05) is 19.1 Å². The Kier molecular flexibility index (Phi) is 4.36. The highest BCUT2D eigenvalue weighted by Gasteiger charge is 2.07. The largest absolute Gasteiger partial charge is 0.238 e. The van der Waals surface area contributed by atoms with E-state index in [-0.39, 0.29) is 0 Å². The van der Waals surface area contributed by atoms with Gasteiger partial charge in [0, 0.05) is 28.0 Å². The summed E-state index contributed by atoms with van der Waals surface area (Å²) >= 11 is 9.25. The maximum Gasteiger partial charge on any atom is 0.130 e. The van der Waals surface area contributed by atoms with E-state index in [4.69, 9.17) is 11.6 Å². The van der Waals surface area contributed by atoms with Gasteiger partial charge in [0.05, 0.1) is 5.69 Å². The van der Waals surface area contributed by atoms with Gasteiger partial charge in [-0.05, 0) is 37.6 Å². The predicted octanol–water partition coefficient (Wildman–Crippen LogP) is 4.30. The van der Waals surface area contributed by atoms with Crippen molar-refractivity contribution in [1.29, 1.82) is 0 Å². The molecule has 1 aromatic heterocycles. The highest BCUT2D eigenvalue weighted by atomic mass is 79.9. The van der Waals surface area contributed by atoms with Crippen molar-refractivity contribution in [1.82, 2.24) is 9.97 Å². The van der Waals surface area contributed by atoms with Crippen molar-refractivity contribution >= 4 is 27.5 Å². The summed E-state index contributed by atoms with van der Waals surface area (Å²) < 4.78 is 1.05. The number of hydrogen-bond donors (Lipinski definition) is 0. The second-order valence-corrected chi connectivity index (χ2v) is 5.50. The van der Waals surface area contributed by atoms with E-state index in [1.54, 1.807) is 0 Å². The van der Waals surface area contributed by atoms with E-state index in [9.17, 15) is 0 Å². The molecule has 2 rings (SSSR count). The summed E-state index contributed by atoms with van der Waals surface area (Å²) in [5.41, 5.74) is 4.26. The molecule has 0 unspecified atom stereocenters. The molecule has 0 radical (unpaired) electrons. The Labute approximate surface area is 121 Å². The Bertz CT molecular complexity index is 570. The molecule has 1 aromatic carbocycles. The summed E-state index contributed by atoms with van der Waals surface area (Å²) in [7, 11) is 0. The number of alkyl halides is 1. The van der Waals surface area contributed by atoms with Gasteiger partial charge in [0.15, 0.2) is 0 Å². The molecular formula is C14H14BrClN2. The van der Waals surface area contributed by atoms with Crippen LogP contribution in [-0.2, 0) is 6.42 Å². The lowest BCUT2D eigenvalue weighted by molar-refractivity contribution is 0.925. The lowest BCUT2D eigenvalue weighted by Crippen LogP contribution is -2.00. The van der Waals surface area contributed by atoms with Crippen LogP contribution in [0, 0.1) is 13.8 Å². The Morgan fingerprint density at radius 1 is 1.17 bits per heavy atom. The number of rotatable bonds is 3. The quantitative estimate of drug-likeness (QED) is 0.786. The molecule has 1 heterocycles. The Balaban J connectivity index is 2.52. The van der Waals surface area contributed by atoms with Crippen molar-refractivity contribution in [3.05, 3.63) is 45.8 Å². The monoisotopic (exact) mass is 324 g/mol. The average Bonchev–Trinajstić information content (AvgIpc) is 2.32. The average molecular weight is 326 g/mol. The van der Waals surface area contributed by atoms with Gasteiger partial charge < -0.3 is 0 Å². The summed E-state index contributed by atoms with van der Waals surface area (Å²) in [4.78, 5) is 8.97. The molecule has 0 N–H and O–H groups in total. The minimum atomic E-state index is 0.542. The van der Waals surface area contributed by atoms with Crippen molar-refractivity contribution in [2.75, 3.05) is 5.88 Å². The van der Waals surface area contributed by atoms with Crippen molar-refractivity contribution in [2.45, 2.75) is 20.3 Å². The number of hydrogen-bond acceptors (Lipinski definition) is 2. The van der Waals surface area contributed by atoms with Gasteiger partial charge in [-0.2, -0.15) is 0 Å². The number of halogens is 2. The van der Waals surface area contributed by atoms with Crippen LogP contribution in [-0.4, -0.2) is 15.8 Å². The van der Waals surface area contributed by atoms with E-state index in [0.717, 1.165) is 27.2 Å². The number of aromatic nitrogens is 2. The van der Waals surface area contributed by atoms with Gasteiger partial charge in [0.25, 0.3) is 0 Å². The van der Waals surface area contributed by atoms with Crippen LogP contribution in [0.15, 0.2) is 28.7 Å². The SMILES string of the molecule is Cc1cc(-c2cc(Br)ccc2C)nc(CCCl)n1. The molecule has 2 aromatic rings. The van der Waals surface area contributed by atoms with Crippen molar-refractivity contribution < 1.29 is 0 Å². The van der Waals surface area contributed by atoms with Gasteiger partial charge in [-0.15, -0.1) is 11.6 Å². The van der Waals surface area contributed by atoms with Crippen LogP contribution in [0.5, 0.6) is 0 Å². The lowest BCUT2D eigenvalue weighted by atomic mass is 10.1. The van der Waals surface area contributed by atoms with Crippen LogP contribution < -0.4 is 0 Å². The first kappa shape index (κ1) is 13.5. The zero-order valence-corrected chi connectivity index (χ0v) is 12.7. The molecule has 18 heavy (non-hydrogen) atoms. The van der Waals surface area contributed by atoms with E-state index in [1.165, 1.54) is 5.56 Å². The summed E-state index contributed by atoms with van der Waals surface area (Å²) in [6.45, 7) is 4.07. The molecule has 0 aliphatic carbocycles. The number of aryl methyl sites for hydroxylation is 3. The second-order valence-electron chi connectivity index (χ2n) is 4.21. The summed E-state index contributed by atoms with van der Waals surface area (Å²) in [6, 6.07) is 8.21. The van der Waals surface area contributed by atoms with Crippen molar-refractivity contribution in [3.63, 3.8) is 0 Å². The fraction of sp³-hybridized carbons (Fsp3) is 0.286. The second kappa shape index (κ2) is 5.81. The highest BCUT2D eigenvalue weighted by molar-refractivity contribution is 9.10. The van der Waals surface area contributed by atoms with Gasteiger partial charge in [-0.3, -0.25) is 0 Å². The minimum absolute atomic E-state index is 0.542. The van der Waals surface area contributed by atoms with Crippen LogP contribution in [0.2, 0.25) is 0 Å². The van der Waals surface area contributed by atoms with Crippen LogP contribution in [0.4, 0.5) is 0 Å². The Morgan fingerprint density at radius 3 is 2.67 bits per heavy atom. The smallest absolute Gasteiger partial charge is 0.130 e. The van der Waals surface area contributed by atoms with Crippen molar-refractivity contribution in [2.24, 2.45) is 0 Å². The molecule has 0 atom stereocenters. The van der Waals surface area contributed by atoms with E-state index >= 15 is 0 Å². The lowest BCUT2D eigenvalue weighted by Gasteiger charge is -2.08. The van der Waals surface area contributed by atoms with Crippen LogP contribution in [0.1, 0.15) is 17.1 Å². The Morgan fingerprint density at radius 2 is 1.94 bits per heavy atom. The normalized spacial score (nSPS) is 10.7. The molecule has 0 aliphatic rings. The van der Waals surface area contributed by atoms with Gasteiger partial charge in [0.1, 0.15) is 5.82 Å². The first-order valence-corrected chi connectivity index (χ1v) is 7.10. The van der Waals surface area contributed by atoms with Gasteiger partial charge >= 0.3 is 0 Å². The third-order valence-corrected chi connectivity index (χ3v) is 3.38. The molecule has 94 valence electrons. The topological polar surface area (TPSA) is 25.8 Å². The van der Waals surface area contributed by atoms with E-state index in [2.05, 4.69) is 45.0 Å². The zero-order valence-electron chi connectivity index (χ0n) is 10.4. The summed E-state index contributed by atoms with van der Waals surface area (Å²) in [5, 5.41) is 0. The number of nitrogens with zero attached hydrogens (tertiary/aromatic N) is 2. The molecule has 0 bridgehead atoms.